The first-order chi connectivity index (χ1) is 10.6. The number of hydrogen-bond acceptors (Lipinski definition) is 3. The van der Waals surface area contributed by atoms with Crippen molar-refractivity contribution in [1.29, 1.82) is 0 Å². The van der Waals surface area contributed by atoms with Gasteiger partial charge in [0.05, 0.1) is 6.20 Å². The summed E-state index contributed by atoms with van der Waals surface area (Å²) in [6.07, 6.45) is 4.83. The summed E-state index contributed by atoms with van der Waals surface area (Å²) in [6, 6.07) is 9.74. The third kappa shape index (κ3) is 5.52. The summed E-state index contributed by atoms with van der Waals surface area (Å²) in [5.74, 6) is 5.23. The van der Waals surface area contributed by atoms with Gasteiger partial charge < -0.3 is 16.4 Å². The number of rotatable bonds is 2. The second-order valence-corrected chi connectivity index (χ2v) is 4.32. The van der Waals surface area contributed by atoms with E-state index < -0.39 is 11.6 Å². The predicted molar refractivity (Wildman–Crippen MR) is 79.1 cm³/mol. The smallest absolute Gasteiger partial charge is 0.0510 e. The minimum absolute atomic E-state index is 0. The van der Waals surface area contributed by atoms with Gasteiger partial charge in [0.1, 0.15) is 0 Å². The Hall–Kier alpha value is -2.15. The molecule has 1 aromatic carbocycles. The van der Waals surface area contributed by atoms with Crippen molar-refractivity contribution in [3.8, 4) is 11.3 Å². The molecule has 2 heterocycles. The van der Waals surface area contributed by atoms with Crippen molar-refractivity contribution >= 4 is 0 Å². The van der Waals surface area contributed by atoms with Gasteiger partial charge in [0.25, 0.3) is 0 Å². The largest absolute Gasteiger partial charge is 0.568 e. The number of nitrogens with one attached hydrogen (secondary N) is 2. The van der Waals surface area contributed by atoms with Gasteiger partial charge in [-0.15, -0.1) is 12.1 Å². The molecule has 123 valence electrons. The van der Waals surface area contributed by atoms with Gasteiger partial charge in [-0.05, 0) is 24.8 Å². The molecule has 0 spiro atoms. The van der Waals surface area contributed by atoms with Crippen molar-refractivity contribution in [2.45, 2.75) is 6.92 Å². The molecule has 0 atom stereocenters. The topological polar surface area (TPSA) is 66.5 Å². The Kier molecular flexibility index (Phi) is 7.47. The Morgan fingerprint density at radius 3 is 2.57 bits per heavy atom. The van der Waals surface area contributed by atoms with Crippen LogP contribution in [0.1, 0.15) is 5.56 Å². The van der Waals surface area contributed by atoms with Crippen LogP contribution < -0.4 is 5.53 Å². The molecule has 0 amide bonds. The summed E-state index contributed by atoms with van der Waals surface area (Å²) >= 11 is 0. The van der Waals surface area contributed by atoms with E-state index in [1.54, 1.807) is 30.7 Å². The van der Waals surface area contributed by atoms with Crippen molar-refractivity contribution in [2.24, 2.45) is 0 Å². The van der Waals surface area contributed by atoms with Crippen LogP contribution in [0.3, 0.4) is 0 Å². The molecule has 5 nitrogen and oxygen atoms in total. The van der Waals surface area contributed by atoms with E-state index in [4.69, 9.17) is 5.84 Å². The fraction of sp³-hybridized carbons (Fsp3) is 0.0667. The van der Waals surface area contributed by atoms with E-state index >= 15 is 0 Å². The molecule has 3 aromatic rings. The normalized spacial score (nSPS) is 9.39. The van der Waals surface area contributed by atoms with E-state index in [0.29, 0.717) is 5.69 Å². The first kappa shape index (κ1) is 18.9. The Bertz CT molecular complexity index is 734. The van der Waals surface area contributed by atoms with E-state index in [0.717, 1.165) is 17.7 Å². The van der Waals surface area contributed by atoms with Crippen molar-refractivity contribution < 1.29 is 28.9 Å². The molecule has 0 bridgehead atoms. The molecule has 0 aliphatic rings. The second kappa shape index (κ2) is 9.09. The molecular weight excluding hydrogens is 480 g/mol. The zero-order chi connectivity index (χ0) is 15.9. The van der Waals surface area contributed by atoms with Gasteiger partial charge in [-0.25, -0.2) is 4.79 Å². The van der Waals surface area contributed by atoms with Gasteiger partial charge in [-0.1, -0.05) is 23.3 Å². The standard InChI is InChI=1S/C12H8F2N.C3H5N4.Ir/c1-8-4-5-15-12(6-8)10-3-2-9(13)7-11(10)14;4-6-7-3-1-2-5-7;/h2,4-7H,1H3;1-4,6H;/q2*-1;. The number of aromatic nitrogens is 3. The van der Waals surface area contributed by atoms with Crippen molar-refractivity contribution in [2.75, 3.05) is 5.53 Å². The van der Waals surface area contributed by atoms with E-state index in [9.17, 15) is 8.78 Å². The summed E-state index contributed by atoms with van der Waals surface area (Å²) in [4.78, 5) is 5.30. The SMILES string of the molecule is Cc1ccnc(-c2[c-]cc(F)cc2F)c1.[Ir].[NH-]Nn1cccn1. The van der Waals surface area contributed by atoms with Crippen LogP contribution in [0.4, 0.5) is 8.78 Å². The first-order valence-electron chi connectivity index (χ1n) is 6.32. The Labute approximate surface area is 145 Å². The van der Waals surface area contributed by atoms with E-state index in [2.05, 4.69) is 21.7 Å². The number of hydrogen-bond donors (Lipinski definition) is 1. The first-order valence-corrected chi connectivity index (χ1v) is 6.32. The molecule has 0 unspecified atom stereocenters. The van der Waals surface area contributed by atoms with Crippen molar-refractivity contribution in [3.63, 3.8) is 0 Å². The third-order valence-electron chi connectivity index (χ3n) is 2.65. The van der Waals surface area contributed by atoms with Crippen LogP contribution in [0.15, 0.2) is 48.9 Å². The summed E-state index contributed by atoms with van der Waals surface area (Å²) in [5, 5.41) is 3.65. The summed E-state index contributed by atoms with van der Waals surface area (Å²) in [5.41, 5.74) is 3.69. The molecule has 0 fully saturated rings. The average Bonchev–Trinajstić information content (AvgIpc) is 3.01. The average molecular weight is 494 g/mol. The molecule has 0 saturated carbocycles. The van der Waals surface area contributed by atoms with Gasteiger partial charge in [0, 0.05) is 44.1 Å². The van der Waals surface area contributed by atoms with E-state index in [1.807, 2.05) is 13.0 Å². The molecule has 23 heavy (non-hydrogen) atoms. The number of benzene rings is 1. The molecule has 8 heteroatoms. The van der Waals surface area contributed by atoms with E-state index in [-0.39, 0.29) is 25.7 Å². The number of pyridine rings is 1. The minimum atomic E-state index is -0.645. The molecule has 3 rings (SSSR count). The number of nitrogens with zero attached hydrogens (tertiary/aromatic N) is 3. The third-order valence-corrected chi connectivity index (χ3v) is 2.65. The Morgan fingerprint density at radius 1 is 1.26 bits per heavy atom. The maximum atomic E-state index is 13.4. The molecule has 0 saturated heterocycles. The van der Waals surface area contributed by atoms with Gasteiger partial charge in [0.2, 0.25) is 0 Å². The van der Waals surface area contributed by atoms with Gasteiger partial charge in [0.15, 0.2) is 0 Å². The molecule has 2 N–H and O–H groups in total. The molecular formula is C15H13F2IrN5-2. The van der Waals surface area contributed by atoms with Gasteiger partial charge >= 0.3 is 0 Å². The van der Waals surface area contributed by atoms with Crippen LogP contribution in [-0.4, -0.2) is 14.9 Å². The number of halogens is 2. The van der Waals surface area contributed by atoms with Crippen molar-refractivity contribution in [1.82, 2.24) is 14.9 Å². The van der Waals surface area contributed by atoms with Gasteiger partial charge in [-0.3, -0.25) is 8.78 Å². The summed E-state index contributed by atoms with van der Waals surface area (Å²) in [7, 11) is 0. The van der Waals surface area contributed by atoms with Crippen LogP contribution >= 0.6 is 0 Å². The maximum Gasteiger partial charge on any atom is 0.0510 e. The van der Waals surface area contributed by atoms with Crippen LogP contribution in [-0.2, 0) is 20.1 Å². The monoisotopic (exact) mass is 494 g/mol. The van der Waals surface area contributed by atoms with Crippen LogP contribution in [0.25, 0.3) is 17.1 Å². The van der Waals surface area contributed by atoms with Crippen LogP contribution in [0, 0.1) is 24.6 Å². The molecule has 2 aromatic heterocycles. The Morgan fingerprint density at radius 2 is 2.04 bits per heavy atom. The summed E-state index contributed by atoms with van der Waals surface area (Å²) in [6.45, 7) is 1.88. The zero-order valence-corrected chi connectivity index (χ0v) is 14.4. The molecule has 1 radical (unpaired) electrons. The summed E-state index contributed by atoms with van der Waals surface area (Å²) < 4.78 is 26.0. The van der Waals surface area contributed by atoms with Crippen LogP contribution in [0.5, 0.6) is 0 Å². The quantitative estimate of drug-likeness (QED) is 0.439. The molecule has 0 aliphatic heterocycles. The van der Waals surface area contributed by atoms with Gasteiger partial charge in [-0.2, -0.15) is 5.10 Å². The predicted octanol–water partition coefficient (Wildman–Crippen LogP) is 3.53. The minimum Gasteiger partial charge on any atom is -0.568 e. The fourth-order valence-corrected chi connectivity index (χ4v) is 1.65. The maximum absolute atomic E-state index is 13.4. The number of aryl methyl sites for hydroxylation is 1. The second-order valence-electron chi connectivity index (χ2n) is 4.32. The Balaban J connectivity index is 0.000000280. The fourth-order valence-electron chi connectivity index (χ4n) is 1.65. The van der Waals surface area contributed by atoms with Crippen molar-refractivity contribution in [3.05, 3.63) is 78.0 Å². The van der Waals surface area contributed by atoms with E-state index in [1.165, 1.54) is 4.79 Å². The van der Waals surface area contributed by atoms with Crippen LogP contribution in [0.2, 0.25) is 0 Å². The zero-order valence-electron chi connectivity index (χ0n) is 12.0. The molecule has 0 aliphatic carbocycles.